The highest BCUT2D eigenvalue weighted by Gasteiger charge is 2.18. The molecular weight excluding hydrogens is 207 g/mol. The van der Waals surface area contributed by atoms with Gasteiger partial charge in [-0.3, -0.25) is 4.79 Å². The molecule has 1 aromatic rings. The van der Waals surface area contributed by atoms with Crippen molar-refractivity contribution in [2.45, 2.75) is 6.04 Å². The Morgan fingerprint density at radius 3 is 2.86 bits per heavy atom. The molecule has 3 N–H and O–H groups in total. The number of carbonyl (C=O) groups is 1. The number of hydrogen-bond acceptors (Lipinski definition) is 2. The molecule has 0 aliphatic carbocycles. The molecule has 3 nitrogen and oxygen atoms in total. The summed E-state index contributed by atoms with van der Waals surface area (Å²) in [5.41, 5.74) is 5.60. The summed E-state index contributed by atoms with van der Waals surface area (Å²) >= 11 is 5.65. The van der Waals surface area contributed by atoms with Gasteiger partial charge in [-0.25, -0.2) is 4.39 Å². The zero-order valence-electron chi connectivity index (χ0n) is 7.55. The van der Waals surface area contributed by atoms with E-state index in [1.54, 1.807) is 0 Å². The third kappa shape index (κ3) is 2.21. The Kier molecular flexibility index (Phi) is 3.43. The molecule has 0 heterocycles. The van der Waals surface area contributed by atoms with Gasteiger partial charge in [-0.1, -0.05) is 11.6 Å². The number of carbonyl (C=O) groups excluding carboxylic acids is 1. The smallest absolute Gasteiger partial charge is 0.241 e. The van der Waals surface area contributed by atoms with Crippen molar-refractivity contribution in [2.75, 3.05) is 7.05 Å². The van der Waals surface area contributed by atoms with Crippen LogP contribution in [0.2, 0.25) is 5.02 Å². The van der Waals surface area contributed by atoms with Gasteiger partial charge in [0.25, 0.3) is 0 Å². The van der Waals surface area contributed by atoms with E-state index in [9.17, 15) is 9.18 Å². The first-order valence-electron chi connectivity index (χ1n) is 3.98. The van der Waals surface area contributed by atoms with Crippen LogP contribution in [0.15, 0.2) is 18.2 Å². The maximum Gasteiger partial charge on any atom is 0.241 e. The lowest BCUT2D eigenvalue weighted by atomic mass is 10.1. The fraction of sp³-hybridized carbons (Fsp3) is 0.222. The molecule has 76 valence electrons. The van der Waals surface area contributed by atoms with Crippen molar-refractivity contribution in [1.29, 1.82) is 0 Å². The molecule has 5 heteroatoms. The molecule has 14 heavy (non-hydrogen) atoms. The van der Waals surface area contributed by atoms with Crippen molar-refractivity contribution < 1.29 is 9.18 Å². The summed E-state index contributed by atoms with van der Waals surface area (Å²) in [5, 5.41) is 2.68. The van der Waals surface area contributed by atoms with Crippen LogP contribution in [0.5, 0.6) is 0 Å². The van der Waals surface area contributed by atoms with Crippen molar-refractivity contribution >= 4 is 17.5 Å². The van der Waals surface area contributed by atoms with Crippen molar-refractivity contribution in [3.8, 4) is 0 Å². The van der Waals surface area contributed by atoms with E-state index in [0.717, 1.165) is 0 Å². The van der Waals surface area contributed by atoms with E-state index >= 15 is 0 Å². The molecule has 1 rings (SSSR count). The third-order valence-electron chi connectivity index (χ3n) is 1.82. The quantitative estimate of drug-likeness (QED) is 0.781. The molecule has 0 aliphatic heterocycles. The SMILES string of the molecule is CNC(=O)C(N)c1cc(Cl)ccc1F. The molecular formula is C9H10ClFN2O. The van der Waals surface area contributed by atoms with Gasteiger partial charge < -0.3 is 11.1 Å². The topological polar surface area (TPSA) is 55.1 Å². The summed E-state index contributed by atoms with van der Waals surface area (Å²) in [6.45, 7) is 0. The van der Waals surface area contributed by atoms with Crippen molar-refractivity contribution in [2.24, 2.45) is 5.73 Å². The maximum absolute atomic E-state index is 13.2. The van der Waals surface area contributed by atoms with Crippen LogP contribution in [-0.4, -0.2) is 13.0 Å². The summed E-state index contributed by atoms with van der Waals surface area (Å²) in [4.78, 5) is 11.1. The summed E-state index contributed by atoms with van der Waals surface area (Å²) in [6.07, 6.45) is 0. The standard InChI is InChI=1S/C9H10ClFN2O/c1-13-9(14)8(12)6-4-5(10)2-3-7(6)11/h2-4,8H,12H2,1H3,(H,13,14). The molecule has 0 saturated carbocycles. The van der Waals surface area contributed by atoms with Gasteiger partial charge in [-0.05, 0) is 18.2 Å². The van der Waals surface area contributed by atoms with Crippen LogP contribution < -0.4 is 11.1 Å². The lowest BCUT2D eigenvalue weighted by Gasteiger charge is -2.11. The monoisotopic (exact) mass is 216 g/mol. The largest absolute Gasteiger partial charge is 0.358 e. The Bertz CT molecular complexity index is 357. The molecule has 0 radical (unpaired) electrons. The van der Waals surface area contributed by atoms with Crippen LogP contribution >= 0.6 is 11.6 Å². The molecule has 1 atom stereocenters. The van der Waals surface area contributed by atoms with Gasteiger partial charge in [-0.15, -0.1) is 0 Å². The summed E-state index contributed by atoms with van der Waals surface area (Å²) < 4.78 is 13.2. The van der Waals surface area contributed by atoms with Crippen LogP contribution in [0.4, 0.5) is 4.39 Å². The van der Waals surface area contributed by atoms with Gasteiger partial charge in [0, 0.05) is 17.6 Å². The van der Waals surface area contributed by atoms with E-state index in [1.165, 1.54) is 25.2 Å². The number of likely N-dealkylation sites (N-methyl/N-ethyl adjacent to an activating group) is 1. The number of rotatable bonds is 2. The van der Waals surface area contributed by atoms with E-state index in [-0.39, 0.29) is 5.56 Å². The fourth-order valence-electron chi connectivity index (χ4n) is 1.05. The third-order valence-corrected chi connectivity index (χ3v) is 2.06. The van der Waals surface area contributed by atoms with E-state index in [1.807, 2.05) is 0 Å². The first-order chi connectivity index (χ1) is 6.56. The van der Waals surface area contributed by atoms with E-state index in [4.69, 9.17) is 17.3 Å². The predicted octanol–water partition coefficient (Wildman–Crippen LogP) is 1.22. The number of benzene rings is 1. The average molecular weight is 217 g/mol. The minimum atomic E-state index is -1.03. The predicted molar refractivity (Wildman–Crippen MR) is 52.4 cm³/mol. The molecule has 0 bridgehead atoms. The Balaban J connectivity index is 3.05. The lowest BCUT2D eigenvalue weighted by molar-refractivity contribution is -0.122. The normalized spacial score (nSPS) is 12.3. The highest BCUT2D eigenvalue weighted by Crippen LogP contribution is 2.19. The molecule has 0 aliphatic rings. The number of nitrogens with one attached hydrogen (secondary N) is 1. The number of halogens is 2. The van der Waals surface area contributed by atoms with Crippen LogP contribution in [-0.2, 0) is 4.79 Å². The fourth-order valence-corrected chi connectivity index (χ4v) is 1.23. The second-order valence-electron chi connectivity index (χ2n) is 2.76. The summed E-state index contributed by atoms with van der Waals surface area (Å²) in [6, 6.07) is 2.90. The summed E-state index contributed by atoms with van der Waals surface area (Å²) in [7, 11) is 1.44. The molecule has 1 aromatic carbocycles. The van der Waals surface area contributed by atoms with Crippen LogP contribution in [0.1, 0.15) is 11.6 Å². The van der Waals surface area contributed by atoms with E-state index < -0.39 is 17.8 Å². The number of amides is 1. The first-order valence-corrected chi connectivity index (χ1v) is 4.36. The second kappa shape index (κ2) is 4.39. The maximum atomic E-state index is 13.2. The zero-order chi connectivity index (χ0) is 10.7. The molecule has 0 spiro atoms. The minimum absolute atomic E-state index is 0.0943. The summed E-state index contributed by atoms with van der Waals surface area (Å²) in [5.74, 6) is -0.989. The molecule has 1 unspecified atom stereocenters. The first kappa shape index (κ1) is 10.9. The Labute approximate surface area is 86.0 Å². The number of hydrogen-bond donors (Lipinski definition) is 2. The molecule has 0 fully saturated rings. The highest BCUT2D eigenvalue weighted by molar-refractivity contribution is 6.30. The van der Waals surface area contributed by atoms with Crippen molar-refractivity contribution in [3.63, 3.8) is 0 Å². The van der Waals surface area contributed by atoms with Gasteiger partial charge in [0.2, 0.25) is 5.91 Å². The lowest BCUT2D eigenvalue weighted by Crippen LogP contribution is -2.32. The van der Waals surface area contributed by atoms with Crippen LogP contribution in [0, 0.1) is 5.82 Å². The molecule has 0 aromatic heterocycles. The van der Waals surface area contributed by atoms with Gasteiger partial charge >= 0.3 is 0 Å². The minimum Gasteiger partial charge on any atom is -0.358 e. The average Bonchev–Trinajstić information content (AvgIpc) is 2.19. The van der Waals surface area contributed by atoms with Crippen LogP contribution in [0.25, 0.3) is 0 Å². The Morgan fingerprint density at radius 2 is 2.29 bits per heavy atom. The number of nitrogens with two attached hydrogens (primary N) is 1. The molecule has 0 saturated heterocycles. The van der Waals surface area contributed by atoms with Gasteiger partial charge in [0.05, 0.1) is 0 Å². The van der Waals surface area contributed by atoms with Crippen molar-refractivity contribution in [3.05, 3.63) is 34.6 Å². The highest BCUT2D eigenvalue weighted by atomic mass is 35.5. The Morgan fingerprint density at radius 1 is 1.64 bits per heavy atom. The second-order valence-corrected chi connectivity index (χ2v) is 3.19. The van der Waals surface area contributed by atoms with Gasteiger partial charge in [-0.2, -0.15) is 0 Å². The van der Waals surface area contributed by atoms with Gasteiger partial charge in [0.1, 0.15) is 11.9 Å². The van der Waals surface area contributed by atoms with Gasteiger partial charge in [0.15, 0.2) is 0 Å². The zero-order valence-corrected chi connectivity index (χ0v) is 8.31. The van der Waals surface area contributed by atoms with Crippen molar-refractivity contribution in [1.82, 2.24) is 5.32 Å². The van der Waals surface area contributed by atoms with E-state index in [2.05, 4.69) is 5.32 Å². The van der Waals surface area contributed by atoms with Crippen LogP contribution in [0.3, 0.4) is 0 Å². The Hall–Kier alpha value is -1.13. The molecule has 1 amide bonds. The van der Waals surface area contributed by atoms with E-state index in [0.29, 0.717) is 5.02 Å².